The predicted octanol–water partition coefficient (Wildman–Crippen LogP) is 5.87. The van der Waals surface area contributed by atoms with Gasteiger partial charge in [-0.15, -0.1) is 0 Å². The van der Waals surface area contributed by atoms with Crippen LogP contribution >= 0.6 is 0 Å². The molecular formula is C19H24. The van der Waals surface area contributed by atoms with Crippen molar-refractivity contribution in [1.82, 2.24) is 0 Å². The first-order chi connectivity index (χ1) is 9.41. The molecule has 0 aromatic rings. The highest BCUT2D eigenvalue weighted by Crippen LogP contribution is 1.89. The third-order valence-electron chi connectivity index (χ3n) is 2.06. The lowest BCUT2D eigenvalue weighted by Crippen LogP contribution is -1.58. The Hall–Kier alpha value is -2.08. The molecule has 0 heteroatoms. The summed E-state index contributed by atoms with van der Waals surface area (Å²) in [5.74, 6) is 0. The van der Waals surface area contributed by atoms with Crippen molar-refractivity contribution in [3.8, 4) is 0 Å². The van der Waals surface area contributed by atoms with E-state index in [1.54, 1.807) is 6.08 Å². The Kier molecular flexibility index (Phi) is 14.2. The minimum Gasteiger partial charge on any atom is -0.0991 e. The van der Waals surface area contributed by atoms with Crippen molar-refractivity contribution < 1.29 is 0 Å². The van der Waals surface area contributed by atoms with Crippen LogP contribution in [0.1, 0.15) is 19.8 Å². The lowest BCUT2D eigenvalue weighted by Gasteiger charge is -1.79. The fourth-order valence-corrected chi connectivity index (χ4v) is 1.13. The van der Waals surface area contributed by atoms with Crippen LogP contribution in [-0.4, -0.2) is 0 Å². The molecule has 0 N–H and O–H groups in total. The monoisotopic (exact) mass is 252 g/mol. The van der Waals surface area contributed by atoms with Crippen LogP contribution in [0, 0.1) is 0 Å². The van der Waals surface area contributed by atoms with Crippen LogP contribution in [0.2, 0.25) is 0 Å². The minimum atomic E-state index is 1.15. The highest BCUT2D eigenvalue weighted by Gasteiger charge is 1.68. The van der Waals surface area contributed by atoms with Crippen molar-refractivity contribution >= 4 is 0 Å². The van der Waals surface area contributed by atoms with Gasteiger partial charge in [0.25, 0.3) is 0 Å². The van der Waals surface area contributed by atoms with E-state index in [9.17, 15) is 0 Å². The smallest absolute Gasteiger partial charge is 0.0350 e. The van der Waals surface area contributed by atoms with E-state index >= 15 is 0 Å². The first-order valence-electron chi connectivity index (χ1n) is 6.69. The van der Waals surface area contributed by atoms with Crippen molar-refractivity contribution in [2.75, 3.05) is 0 Å². The van der Waals surface area contributed by atoms with E-state index in [4.69, 9.17) is 0 Å². The van der Waals surface area contributed by atoms with Gasteiger partial charge in [-0.1, -0.05) is 111 Å². The summed E-state index contributed by atoms with van der Waals surface area (Å²) in [6.45, 7) is 5.77. The molecule has 0 unspecified atom stereocenters. The molecule has 0 aliphatic carbocycles. The third kappa shape index (κ3) is 15.9. The molecule has 0 amide bonds. The van der Waals surface area contributed by atoms with Crippen molar-refractivity contribution in [3.05, 3.63) is 97.7 Å². The average Bonchev–Trinajstić information content (AvgIpc) is 2.43. The first kappa shape index (κ1) is 16.9. The van der Waals surface area contributed by atoms with Crippen molar-refractivity contribution in [1.29, 1.82) is 0 Å². The first-order valence-corrected chi connectivity index (χ1v) is 6.69. The lowest BCUT2D eigenvalue weighted by molar-refractivity contribution is 0.959. The Labute approximate surface area is 118 Å². The quantitative estimate of drug-likeness (QED) is 0.450. The third-order valence-corrected chi connectivity index (χ3v) is 2.06. The number of unbranched alkanes of at least 4 members (excludes halogenated alkanes) is 1. The van der Waals surface area contributed by atoms with Gasteiger partial charge in [-0.25, -0.2) is 0 Å². The van der Waals surface area contributed by atoms with Gasteiger partial charge in [0.2, 0.25) is 0 Å². The molecule has 0 spiro atoms. The summed E-state index contributed by atoms with van der Waals surface area (Å²) in [6.07, 6.45) is 32.2. The minimum absolute atomic E-state index is 1.15. The summed E-state index contributed by atoms with van der Waals surface area (Å²) < 4.78 is 0. The molecule has 0 nitrogen and oxygen atoms in total. The molecule has 0 bridgehead atoms. The van der Waals surface area contributed by atoms with Crippen LogP contribution in [0.5, 0.6) is 0 Å². The van der Waals surface area contributed by atoms with Crippen LogP contribution < -0.4 is 0 Å². The number of hydrogen-bond acceptors (Lipinski definition) is 0. The van der Waals surface area contributed by atoms with Crippen molar-refractivity contribution in [3.63, 3.8) is 0 Å². The predicted molar refractivity (Wildman–Crippen MR) is 89.1 cm³/mol. The summed E-state index contributed by atoms with van der Waals surface area (Å²) in [6, 6.07) is 0. The summed E-state index contributed by atoms with van der Waals surface area (Å²) in [5.41, 5.74) is 0. The molecule has 0 aliphatic rings. The molecule has 19 heavy (non-hydrogen) atoms. The molecule has 0 aromatic heterocycles. The van der Waals surface area contributed by atoms with Crippen LogP contribution in [0.15, 0.2) is 97.7 Å². The zero-order chi connectivity index (χ0) is 14.0. The standard InChI is InChI=1S/C19H24/c1-3-5-7-9-11-13-15-17-19-18-16-14-12-10-8-6-4-2/h3,5,7-19H,1,4,6H2,2H3. The second-order valence-corrected chi connectivity index (χ2v) is 3.76. The van der Waals surface area contributed by atoms with Crippen LogP contribution in [0.25, 0.3) is 0 Å². The van der Waals surface area contributed by atoms with Crippen LogP contribution in [0.4, 0.5) is 0 Å². The number of hydrogen-bond donors (Lipinski definition) is 0. The topological polar surface area (TPSA) is 0 Å². The van der Waals surface area contributed by atoms with Gasteiger partial charge >= 0.3 is 0 Å². The molecule has 0 atom stereocenters. The fourth-order valence-electron chi connectivity index (χ4n) is 1.13. The van der Waals surface area contributed by atoms with Gasteiger partial charge in [0.05, 0.1) is 0 Å². The van der Waals surface area contributed by atoms with Gasteiger partial charge in [-0.2, -0.15) is 0 Å². The fraction of sp³-hybridized carbons (Fsp3) is 0.158. The zero-order valence-corrected chi connectivity index (χ0v) is 11.8. The second kappa shape index (κ2) is 15.9. The van der Waals surface area contributed by atoms with E-state index in [-0.39, 0.29) is 0 Å². The Bertz CT molecular complexity index is 396. The Morgan fingerprint density at radius 3 is 1.32 bits per heavy atom. The highest BCUT2D eigenvalue weighted by molar-refractivity contribution is 5.20. The Morgan fingerprint density at radius 1 is 0.579 bits per heavy atom. The second-order valence-electron chi connectivity index (χ2n) is 3.76. The number of rotatable bonds is 9. The zero-order valence-electron chi connectivity index (χ0n) is 11.8. The summed E-state index contributed by atoms with van der Waals surface area (Å²) in [4.78, 5) is 0. The van der Waals surface area contributed by atoms with E-state index in [1.165, 1.54) is 6.42 Å². The van der Waals surface area contributed by atoms with E-state index in [0.29, 0.717) is 0 Å². The molecular weight excluding hydrogens is 228 g/mol. The van der Waals surface area contributed by atoms with E-state index in [2.05, 4.69) is 25.7 Å². The molecule has 0 fully saturated rings. The molecule has 0 heterocycles. The van der Waals surface area contributed by atoms with Crippen molar-refractivity contribution in [2.24, 2.45) is 0 Å². The molecule has 100 valence electrons. The van der Waals surface area contributed by atoms with Gasteiger partial charge in [-0.05, 0) is 6.42 Å². The normalized spacial score (nSPS) is 13.7. The maximum atomic E-state index is 3.60. The van der Waals surface area contributed by atoms with E-state index < -0.39 is 0 Å². The van der Waals surface area contributed by atoms with Crippen LogP contribution in [0.3, 0.4) is 0 Å². The molecule has 0 rings (SSSR count). The summed E-state index contributed by atoms with van der Waals surface area (Å²) in [5, 5.41) is 0. The Balaban J connectivity index is 3.78. The summed E-state index contributed by atoms with van der Waals surface area (Å²) in [7, 11) is 0. The van der Waals surface area contributed by atoms with Gasteiger partial charge in [0, 0.05) is 0 Å². The molecule has 0 saturated carbocycles. The molecule has 0 aliphatic heterocycles. The SMILES string of the molecule is C=CC=CC=CC=CC=CC=CC=CC=CCCC. The largest absolute Gasteiger partial charge is 0.0991 e. The summed E-state index contributed by atoms with van der Waals surface area (Å²) >= 11 is 0. The van der Waals surface area contributed by atoms with Crippen molar-refractivity contribution in [2.45, 2.75) is 19.8 Å². The van der Waals surface area contributed by atoms with Gasteiger partial charge in [-0.3, -0.25) is 0 Å². The lowest BCUT2D eigenvalue weighted by atomic mass is 10.3. The van der Waals surface area contributed by atoms with Crippen LogP contribution in [-0.2, 0) is 0 Å². The Morgan fingerprint density at radius 2 is 0.947 bits per heavy atom. The molecule has 0 aromatic carbocycles. The maximum Gasteiger partial charge on any atom is -0.0350 e. The van der Waals surface area contributed by atoms with E-state index in [1.807, 2.05) is 72.9 Å². The highest BCUT2D eigenvalue weighted by atomic mass is 13.8. The number of allylic oxidation sites excluding steroid dienone is 15. The van der Waals surface area contributed by atoms with Gasteiger partial charge in [0.1, 0.15) is 0 Å². The maximum absolute atomic E-state index is 3.60. The van der Waals surface area contributed by atoms with Gasteiger partial charge in [0.15, 0.2) is 0 Å². The molecule has 0 radical (unpaired) electrons. The van der Waals surface area contributed by atoms with Gasteiger partial charge < -0.3 is 0 Å². The van der Waals surface area contributed by atoms with E-state index in [0.717, 1.165) is 6.42 Å². The average molecular weight is 252 g/mol. The molecule has 0 saturated heterocycles.